The highest BCUT2D eigenvalue weighted by atomic mass is 32.2. The lowest BCUT2D eigenvalue weighted by molar-refractivity contribution is 0.465. The molecule has 0 amide bonds. The molecule has 0 aromatic carbocycles. The fourth-order valence-corrected chi connectivity index (χ4v) is 3.48. The maximum absolute atomic E-state index is 12.6. The fraction of sp³-hybridized carbons (Fsp3) is 0.417. The Morgan fingerprint density at radius 2 is 2.16 bits per heavy atom. The van der Waals surface area contributed by atoms with Crippen molar-refractivity contribution < 1.29 is 8.42 Å². The van der Waals surface area contributed by atoms with E-state index in [-0.39, 0.29) is 5.03 Å². The number of nitrogens with one attached hydrogen (secondary N) is 1. The van der Waals surface area contributed by atoms with E-state index >= 15 is 0 Å². The van der Waals surface area contributed by atoms with Gasteiger partial charge in [0, 0.05) is 26.8 Å². The molecule has 19 heavy (non-hydrogen) atoms. The van der Waals surface area contributed by atoms with Gasteiger partial charge in [-0.05, 0) is 18.6 Å². The molecule has 104 valence electrons. The van der Waals surface area contributed by atoms with Crippen molar-refractivity contribution in [2.75, 3.05) is 26.0 Å². The first-order valence-electron chi connectivity index (χ1n) is 6.13. The Labute approximate surface area is 113 Å². The lowest BCUT2D eigenvalue weighted by Gasteiger charge is -2.16. The molecule has 0 radical (unpaired) electrons. The summed E-state index contributed by atoms with van der Waals surface area (Å²) in [5, 5.41) is 3.03. The zero-order valence-corrected chi connectivity index (χ0v) is 12.1. The molecule has 0 aliphatic carbocycles. The molecule has 0 unspecified atom stereocenters. The molecule has 0 saturated carbocycles. The van der Waals surface area contributed by atoms with Gasteiger partial charge in [0.15, 0.2) is 10.8 Å². The summed E-state index contributed by atoms with van der Waals surface area (Å²) < 4.78 is 28.1. The molecule has 1 N–H and O–H groups in total. The number of rotatable bonds is 5. The van der Waals surface area contributed by atoms with Crippen LogP contribution in [0.2, 0.25) is 0 Å². The molecule has 2 heterocycles. The minimum atomic E-state index is -3.56. The van der Waals surface area contributed by atoms with E-state index in [2.05, 4.69) is 10.3 Å². The van der Waals surface area contributed by atoms with E-state index in [0.717, 1.165) is 6.42 Å². The van der Waals surface area contributed by atoms with Crippen LogP contribution in [0.3, 0.4) is 0 Å². The van der Waals surface area contributed by atoms with Gasteiger partial charge in [0.1, 0.15) is 5.65 Å². The van der Waals surface area contributed by atoms with Crippen LogP contribution >= 0.6 is 0 Å². The third-order valence-electron chi connectivity index (χ3n) is 2.92. The molecule has 6 nitrogen and oxygen atoms in total. The van der Waals surface area contributed by atoms with Gasteiger partial charge in [-0.25, -0.2) is 13.4 Å². The lowest BCUT2D eigenvalue weighted by Crippen LogP contribution is -2.29. The summed E-state index contributed by atoms with van der Waals surface area (Å²) in [5.41, 5.74) is 0.607. The molecule has 0 bridgehead atoms. The van der Waals surface area contributed by atoms with Crippen LogP contribution in [0.1, 0.15) is 13.3 Å². The summed E-state index contributed by atoms with van der Waals surface area (Å²) in [6.45, 7) is 2.42. The Morgan fingerprint density at radius 1 is 1.42 bits per heavy atom. The summed E-state index contributed by atoms with van der Waals surface area (Å²) in [6.07, 6.45) is 2.47. The molecule has 0 saturated heterocycles. The highest BCUT2D eigenvalue weighted by molar-refractivity contribution is 7.89. The van der Waals surface area contributed by atoms with E-state index in [0.29, 0.717) is 18.0 Å². The fourth-order valence-electron chi connectivity index (χ4n) is 1.97. The normalized spacial score (nSPS) is 12.2. The zero-order chi connectivity index (χ0) is 14.0. The maximum Gasteiger partial charge on any atom is 0.262 e. The predicted octanol–water partition coefficient (Wildman–Crippen LogP) is 1.41. The van der Waals surface area contributed by atoms with Gasteiger partial charge in [0.05, 0.1) is 0 Å². The number of sulfonamides is 1. The van der Waals surface area contributed by atoms with Crippen molar-refractivity contribution in [3.05, 3.63) is 24.4 Å². The Kier molecular flexibility index (Phi) is 3.77. The molecule has 2 rings (SSSR count). The summed E-state index contributed by atoms with van der Waals surface area (Å²) in [5.74, 6) is 0.370. The highest BCUT2D eigenvalue weighted by Gasteiger charge is 2.28. The van der Waals surface area contributed by atoms with Crippen molar-refractivity contribution >= 4 is 21.5 Å². The summed E-state index contributed by atoms with van der Waals surface area (Å²) in [6, 6.07) is 5.39. The molecule has 7 heteroatoms. The van der Waals surface area contributed by atoms with Gasteiger partial charge in [-0.1, -0.05) is 13.0 Å². The second kappa shape index (κ2) is 5.18. The smallest absolute Gasteiger partial charge is 0.262 e. The molecule has 0 aliphatic rings. The van der Waals surface area contributed by atoms with Gasteiger partial charge >= 0.3 is 0 Å². The number of imidazole rings is 1. The third kappa shape index (κ3) is 2.31. The molecule has 2 aromatic heterocycles. The summed E-state index contributed by atoms with van der Waals surface area (Å²) in [4.78, 5) is 4.29. The molecular formula is C12H18N4O2S. The first-order valence-corrected chi connectivity index (χ1v) is 7.57. The van der Waals surface area contributed by atoms with Crippen LogP contribution < -0.4 is 5.32 Å². The van der Waals surface area contributed by atoms with Crippen molar-refractivity contribution in [1.29, 1.82) is 0 Å². The second-order valence-electron chi connectivity index (χ2n) is 4.27. The molecule has 0 atom stereocenters. The van der Waals surface area contributed by atoms with Crippen LogP contribution in [0.25, 0.3) is 5.65 Å². The third-order valence-corrected chi connectivity index (χ3v) is 4.80. The topological polar surface area (TPSA) is 66.7 Å². The predicted molar refractivity (Wildman–Crippen MR) is 74.8 cm³/mol. The molecular weight excluding hydrogens is 264 g/mol. The number of hydrogen-bond acceptors (Lipinski definition) is 4. The van der Waals surface area contributed by atoms with Gasteiger partial charge in [0.25, 0.3) is 10.0 Å². The minimum Gasteiger partial charge on any atom is -0.371 e. The number of fused-ring (bicyclic) bond motifs is 1. The monoisotopic (exact) mass is 282 g/mol. The van der Waals surface area contributed by atoms with Gasteiger partial charge in [-0.3, -0.25) is 4.40 Å². The largest absolute Gasteiger partial charge is 0.371 e. The SMILES string of the molecule is CCCN(C)S(=O)(=O)c1c(NC)nc2ccccn12. The van der Waals surface area contributed by atoms with E-state index in [4.69, 9.17) is 0 Å². The zero-order valence-electron chi connectivity index (χ0n) is 11.3. The van der Waals surface area contributed by atoms with E-state index in [1.54, 1.807) is 36.8 Å². The summed E-state index contributed by atoms with van der Waals surface area (Å²) >= 11 is 0. The molecule has 0 aliphatic heterocycles. The summed E-state index contributed by atoms with van der Waals surface area (Å²) in [7, 11) is -0.305. The van der Waals surface area contributed by atoms with Gasteiger partial charge < -0.3 is 5.32 Å². The van der Waals surface area contributed by atoms with E-state index < -0.39 is 10.0 Å². The van der Waals surface area contributed by atoms with E-state index in [1.165, 1.54) is 4.31 Å². The average molecular weight is 282 g/mol. The Morgan fingerprint density at radius 3 is 2.79 bits per heavy atom. The van der Waals surface area contributed by atoms with Crippen molar-refractivity contribution in [3.63, 3.8) is 0 Å². The number of nitrogens with zero attached hydrogens (tertiary/aromatic N) is 3. The van der Waals surface area contributed by atoms with Gasteiger partial charge in [0.2, 0.25) is 0 Å². The van der Waals surface area contributed by atoms with Crippen LogP contribution in [0.4, 0.5) is 5.82 Å². The van der Waals surface area contributed by atoms with Crippen LogP contribution in [0.15, 0.2) is 29.4 Å². The molecule has 0 spiro atoms. The van der Waals surface area contributed by atoms with Crippen LogP contribution in [-0.2, 0) is 10.0 Å². The highest BCUT2D eigenvalue weighted by Crippen LogP contribution is 2.24. The van der Waals surface area contributed by atoms with Crippen LogP contribution in [-0.4, -0.2) is 42.7 Å². The number of aromatic nitrogens is 2. The van der Waals surface area contributed by atoms with E-state index in [9.17, 15) is 8.42 Å². The van der Waals surface area contributed by atoms with E-state index in [1.807, 2.05) is 13.0 Å². The standard InChI is InChI=1S/C12H18N4O2S/c1-4-8-15(3)19(17,18)12-11(13-2)14-10-7-5-6-9-16(10)12/h5-7,9,13H,4,8H2,1-3H3. The number of anilines is 1. The number of hydrogen-bond donors (Lipinski definition) is 1. The van der Waals surface area contributed by atoms with Crippen molar-refractivity contribution in [3.8, 4) is 0 Å². The van der Waals surface area contributed by atoms with Crippen LogP contribution in [0, 0.1) is 0 Å². The minimum absolute atomic E-state index is 0.182. The van der Waals surface area contributed by atoms with Crippen molar-refractivity contribution in [1.82, 2.24) is 13.7 Å². The number of pyridine rings is 1. The molecule has 0 fully saturated rings. The molecule has 2 aromatic rings. The Hall–Kier alpha value is -1.60. The maximum atomic E-state index is 12.6. The van der Waals surface area contributed by atoms with Gasteiger partial charge in [-0.15, -0.1) is 0 Å². The quantitative estimate of drug-likeness (QED) is 0.900. The van der Waals surface area contributed by atoms with Gasteiger partial charge in [-0.2, -0.15) is 4.31 Å². The first kappa shape index (κ1) is 13.8. The Bertz CT molecular complexity index is 678. The van der Waals surface area contributed by atoms with Crippen molar-refractivity contribution in [2.45, 2.75) is 18.4 Å². The van der Waals surface area contributed by atoms with Crippen molar-refractivity contribution in [2.24, 2.45) is 0 Å². The first-order chi connectivity index (χ1) is 9.02. The van der Waals surface area contributed by atoms with Crippen LogP contribution in [0.5, 0.6) is 0 Å². The second-order valence-corrected chi connectivity index (χ2v) is 6.23. The lowest BCUT2D eigenvalue weighted by atomic mass is 10.5. The average Bonchev–Trinajstić information content (AvgIpc) is 2.77. The Balaban J connectivity index is 2.67.